The van der Waals surface area contributed by atoms with E-state index in [1.807, 2.05) is 24.3 Å². The van der Waals surface area contributed by atoms with E-state index in [-0.39, 0.29) is 0 Å². The lowest BCUT2D eigenvalue weighted by Crippen LogP contribution is -2.21. The maximum atomic E-state index is 10.9. The van der Waals surface area contributed by atoms with Crippen LogP contribution in [0.4, 0.5) is 0 Å². The molecule has 0 heterocycles. The largest absolute Gasteiger partial charge is 0.388 e. The minimum absolute atomic E-state index is 0.369. The molecule has 3 rings (SSSR count). The molecule has 0 bridgehead atoms. The predicted octanol–water partition coefficient (Wildman–Crippen LogP) is 4.91. The first-order chi connectivity index (χ1) is 10.8. The molecule has 0 saturated heterocycles. The van der Waals surface area contributed by atoms with E-state index < -0.39 is 12.2 Å². The molecular formula is C20H30O2. The molecular weight excluding hydrogens is 272 g/mol. The van der Waals surface area contributed by atoms with Crippen LogP contribution in [0.15, 0.2) is 24.3 Å². The molecule has 122 valence electrons. The van der Waals surface area contributed by atoms with Gasteiger partial charge in [0.15, 0.2) is 0 Å². The normalized spacial score (nSPS) is 24.1. The van der Waals surface area contributed by atoms with Gasteiger partial charge in [0.1, 0.15) is 0 Å². The standard InChI is InChI=1S/C20H30O2/c21-19(15-9-3-1-4-10-15)17-13-7-8-14-18(17)20(22)16-11-5-2-6-12-16/h7-8,13-16,19-22H,1-6,9-12H2/t19-,20-/m1/s1. The van der Waals surface area contributed by atoms with Gasteiger partial charge in [-0.05, 0) is 48.6 Å². The van der Waals surface area contributed by atoms with Gasteiger partial charge in [-0.3, -0.25) is 0 Å². The van der Waals surface area contributed by atoms with E-state index in [0.717, 1.165) is 36.8 Å². The Kier molecular flexibility index (Phi) is 5.54. The van der Waals surface area contributed by atoms with Gasteiger partial charge in [0.05, 0.1) is 12.2 Å². The van der Waals surface area contributed by atoms with Gasteiger partial charge in [0.2, 0.25) is 0 Å². The van der Waals surface area contributed by atoms with E-state index in [4.69, 9.17) is 0 Å². The minimum Gasteiger partial charge on any atom is -0.388 e. The van der Waals surface area contributed by atoms with Crippen LogP contribution in [0.25, 0.3) is 0 Å². The molecule has 2 atom stereocenters. The summed E-state index contributed by atoms with van der Waals surface area (Å²) in [7, 11) is 0. The smallest absolute Gasteiger partial charge is 0.0821 e. The van der Waals surface area contributed by atoms with Crippen molar-refractivity contribution in [1.29, 1.82) is 0 Å². The average molecular weight is 302 g/mol. The number of aliphatic hydroxyl groups excluding tert-OH is 2. The highest BCUT2D eigenvalue weighted by molar-refractivity contribution is 5.32. The van der Waals surface area contributed by atoms with Crippen LogP contribution in [0.1, 0.15) is 87.5 Å². The number of hydrogen-bond acceptors (Lipinski definition) is 2. The van der Waals surface area contributed by atoms with Crippen LogP contribution in [0.5, 0.6) is 0 Å². The monoisotopic (exact) mass is 302 g/mol. The fraction of sp³-hybridized carbons (Fsp3) is 0.700. The zero-order valence-corrected chi connectivity index (χ0v) is 13.6. The Labute approximate surface area is 134 Å². The molecule has 1 aromatic carbocycles. The summed E-state index contributed by atoms with van der Waals surface area (Å²) in [5.41, 5.74) is 1.96. The van der Waals surface area contributed by atoms with Crippen LogP contribution < -0.4 is 0 Å². The number of rotatable bonds is 4. The minimum atomic E-state index is -0.408. The first-order valence-electron chi connectivity index (χ1n) is 9.22. The zero-order valence-electron chi connectivity index (χ0n) is 13.6. The predicted molar refractivity (Wildman–Crippen MR) is 89.5 cm³/mol. The van der Waals surface area contributed by atoms with Crippen molar-refractivity contribution in [3.63, 3.8) is 0 Å². The summed E-state index contributed by atoms with van der Waals surface area (Å²) in [5, 5.41) is 21.7. The summed E-state index contributed by atoms with van der Waals surface area (Å²) in [4.78, 5) is 0. The molecule has 0 radical (unpaired) electrons. The van der Waals surface area contributed by atoms with Crippen LogP contribution in [-0.4, -0.2) is 10.2 Å². The highest BCUT2D eigenvalue weighted by atomic mass is 16.3. The van der Waals surface area contributed by atoms with Crippen LogP contribution in [-0.2, 0) is 0 Å². The summed E-state index contributed by atoms with van der Waals surface area (Å²) in [6.45, 7) is 0. The van der Waals surface area contributed by atoms with Gasteiger partial charge < -0.3 is 10.2 Å². The zero-order chi connectivity index (χ0) is 15.4. The van der Waals surface area contributed by atoms with Crippen molar-refractivity contribution in [2.24, 2.45) is 11.8 Å². The first kappa shape index (κ1) is 16.0. The second-order valence-corrected chi connectivity index (χ2v) is 7.31. The fourth-order valence-electron chi connectivity index (χ4n) is 4.46. The molecule has 2 aliphatic rings. The Morgan fingerprint density at radius 2 is 1.00 bits per heavy atom. The lowest BCUT2D eigenvalue weighted by Gasteiger charge is -2.32. The van der Waals surface area contributed by atoms with Gasteiger partial charge in [-0.2, -0.15) is 0 Å². The SMILES string of the molecule is O[C@@H](c1ccccc1[C@H](O)C1CCCCC1)C1CCCCC1. The Morgan fingerprint density at radius 3 is 1.36 bits per heavy atom. The summed E-state index contributed by atoms with van der Waals surface area (Å²) in [5.74, 6) is 0.738. The molecule has 2 heteroatoms. The van der Waals surface area contributed by atoms with Crippen molar-refractivity contribution in [2.75, 3.05) is 0 Å². The van der Waals surface area contributed by atoms with Gasteiger partial charge in [-0.15, -0.1) is 0 Å². The topological polar surface area (TPSA) is 40.5 Å². The van der Waals surface area contributed by atoms with Crippen molar-refractivity contribution < 1.29 is 10.2 Å². The van der Waals surface area contributed by atoms with Crippen LogP contribution in [0, 0.1) is 11.8 Å². The summed E-state index contributed by atoms with van der Waals surface area (Å²) < 4.78 is 0. The van der Waals surface area contributed by atoms with E-state index in [1.165, 1.54) is 38.5 Å². The molecule has 2 N–H and O–H groups in total. The van der Waals surface area contributed by atoms with Crippen LogP contribution in [0.3, 0.4) is 0 Å². The van der Waals surface area contributed by atoms with Crippen molar-refractivity contribution in [2.45, 2.75) is 76.4 Å². The van der Waals surface area contributed by atoms with E-state index in [2.05, 4.69) is 0 Å². The first-order valence-corrected chi connectivity index (χ1v) is 9.22. The summed E-state index contributed by atoms with van der Waals surface area (Å²) in [6, 6.07) is 8.05. The molecule has 0 amide bonds. The fourth-order valence-corrected chi connectivity index (χ4v) is 4.46. The third kappa shape index (κ3) is 3.55. The van der Waals surface area contributed by atoms with Crippen LogP contribution >= 0.6 is 0 Å². The summed E-state index contributed by atoms with van der Waals surface area (Å²) in [6.07, 6.45) is 11.2. The third-order valence-electron chi connectivity index (χ3n) is 5.83. The van der Waals surface area contributed by atoms with Gasteiger partial charge >= 0.3 is 0 Å². The van der Waals surface area contributed by atoms with Crippen molar-refractivity contribution in [1.82, 2.24) is 0 Å². The molecule has 2 aliphatic carbocycles. The highest BCUT2D eigenvalue weighted by Gasteiger charge is 2.29. The van der Waals surface area contributed by atoms with E-state index in [0.29, 0.717) is 11.8 Å². The Morgan fingerprint density at radius 1 is 0.636 bits per heavy atom. The third-order valence-corrected chi connectivity index (χ3v) is 5.83. The number of hydrogen-bond donors (Lipinski definition) is 2. The Bertz CT molecular complexity index is 416. The summed E-state index contributed by atoms with van der Waals surface area (Å²) >= 11 is 0. The van der Waals surface area contributed by atoms with Crippen LogP contribution in [0.2, 0.25) is 0 Å². The molecule has 0 aromatic heterocycles. The quantitative estimate of drug-likeness (QED) is 0.829. The maximum absolute atomic E-state index is 10.9. The van der Waals surface area contributed by atoms with E-state index >= 15 is 0 Å². The van der Waals surface area contributed by atoms with Crippen molar-refractivity contribution in [3.8, 4) is 0 Å². The maximum Gasteiger partial charge on any atom is 0.0821 e. The molecule has 0 unspecified atom stereocenters. The van der Waals surface area contributed by atoms with E-state index in [9.17, 15) is 10.2 Å². The molecule has 2 fully saturated rings. The number of aliphatic hydroxyl groups is 2. The Hall–Kier alpha value is -0.860. The molecule has 22 heavy (non-hydrogen) atoms. The average Bonchev–Trinajstić information content (AvgIpc) is 2.62. The number of benzene rings is 1. The van der Waals surface area contributed by atoms with Gasteiger partial charge in [0.25, 0.3) is 0 Å². The van der Waals surface area contributed by atoms with Gasteiger partial charge in [0, 0.05) is 0 Å². The Balaban J connectivity index is 1.79. The van der Waals surface area contributed by atoms with Crippen molar-refractivity contribution in [3.05, 3.63) is 35.4 Å². The molecule has 1 aromatic rings. The molecule has 0 aliphatic heterocycles. The lowest BCUT2D eigenvalue weighted by molar-refractivity contribution is 0.0647. The van der Waals surface area contributed by atoms with Gasteiger partial charge in [-0.25, -0.2) is 0 Å². The highest BCUT2D eigenvalue weighted by Crippen LogP contribution is 2.40. The van der Waals surface area contributed by atoms with Gasteiger partial charge in [-0.1, -0.05) is 62.8 Å². The molecule has 2 nitrogen and oxygen atoms in total. The van der Waals surface area contributed by atoms with Crippen molar-refractivity contribution >= 4 is 0 Å². The lowest BCUT2D eigenvalue weighted by atomic mass is 9.78. The second kappa shape index (κ2) is 7.61. The van der Waals surface area contributed by atoms with E-state index in [1.54, 1.807) is 0 Å². The molecule has 0 spiro atoms. The second-order valence-electron chi connectivity index (χ2n) is 7.31. The molecule has 2 saturated carbocycles.